The first-order valence-corrected chi connectivity index (χ1v) is 5.53. The number of carbonyl (C=O) groups is 1. The van der Waals surface area contributed by atoms with E-state index in [2.05, 4.69) is 26.1 Å². The summed E-state index contributed by atoms with van der Waals surface area (Å²) in [4.78, 5) is 10.7. The molecule has 0 bridgehead atoms. The van der Waals surface area contributed by atoms with E-state index in [-0.39, 0.29) is 10.2 Å². The van der Waals surface area contributed by atoms with Crippen molar-refractivity contribution in [3.05, 3.63) is 39.7 Å². The maximum absolute atomic E-state index is 13.5. The number of aromatic nitrogens is 2. The summed E-state index contributed by atoms with van der Waals surface area (Å²) in [6.07, 6.45) is 0. The van der Waals surface area contributed by atoms with Gasteiger partial charge in [0.2, 0.25) is 0 Å². The average Bonchev–Trinajstić information content (AvgIpc) is 2.72. The molecule has 0 radical (unpaired) electrons. The van der Waals surface area contributed by atoms with Crippen LogP contribution in [0.5, 0.6) is 0 Å². The summed E-state index contributed by atoms with van der Waals surface area (Å²) >= 11 is 3.12. The van der Waals surface area contributed by atoms with E-state index in [9.17, 15) is 9.18 Å². The quantitative estimate of drug-likeness (QED) is 0.896. The third-order valence-electron chi connectivity index (χ3n) is 2.26. The first-order chi connectivity index (χ1) is 7.99. The van der Waals surface area contributed by atoms with Crippen molar-refractivity contribution >= 4 is 21.9 Å². The summed E-state index contributed by atoms with van der Waals surface area (Å²) in [5.41, 5.74) is 1.61. The SMILES string of the molecule is Cc1cc(F)c(Br)c(-c2cc(C(=O)O)[nH]n2)c1. The normalized spacial score (nSPS) is 10.5. The Morgan fingerprint density at radius 1 is 1.47 bits per heavy atom. The van der Waals surface area contributed by atoms with Gasteiger partial charge in [0.05, 0.1) is 10.2 Å². The molecule has 1 heterocycles. The second kappa shape index (κ2) is 4.29. The van der Waals surface area contributed by atoms with Crippen LogP contribution in [0.15, 0.2) is 22.7 Å². The number of rotatable bonds is 2. The van der Waals surface area contributed by atoms with E-state index in [1.165, 1.54) is 12.1 Å². The molecule has 88 valence electrons. The van der Waals surface area contributed by atoms with Crippen molar-refractivity contribution in [3.63, 3.8) is 0 Å². The predicted octanol–water partition coefficient (Wildman–Crippen LogP) is 2.98. The molecule has 0 saturated heterocycles. The topological polar surface area (TPSA) is 66.0 Å². The Morgan fingerprint density at radius 3 is 2.76 bits per heavy atom. The van der Waals surface area contributed by atoms with Gasteiger partial charge < -0.3 is 5.11 Å². The monoisotopic (exact) mass is 298 g/mol. The number of carboxylic acid groups (broad SMARTS) is 1. The Hall–Kier alpha value is -1.69. The Bertz CT molecular complexity index is 595. The molecule has 0 unspecified atom stereocenters. The molecule has 4 nitrogen and oxygen atoms in total. The zero-order chi connectivity index (χ0) is 12.6. The van der Waals surface area contributed by atoms with Gasteiger partial charge in [0.1, 0.15) is 11.5 Å². The lowest BCUT2D eigenvalue weighted by atomic mass is 10.1. The minimum atomic E-state index is -1.10. The first kappa shape index (κ1) is 11.8. The largest absolute Gasteiger partial charge is 0.477 e. The van der Waals surface area contributed by atoms with Crippen LogP contribution in [0.3, 0.4) is 0 Å². The van der Waals surface area contributed by atoms with E-state index in [0.717, 1.165) is 5.56 Å². The van der Waals surface area contributed by atoms with Gasteiger partial charge in [-0.2, -0.15) is 5.10 Å². The number of aryl methyl sites for hydroxylation is 1. The molecular weight excluding hydrogens is 291 g/mol. The van der Waals surface area contributed by atoms with Crippen LogP contribution in [-0.2, 0) is 0 Å². The molecule has 2 N–H and O–H groups in total. The van der Waals surface area contributed by atoms with Crippen LogP contribution in [0, 0.1) is 12.7 Å². The third kappa shape index (κ3) is 2.21. The zero-order valence-corrected chi connectivity index (χ0v) is 10.4. The number of aromatic carboxylic acids is 1. The smallest absolute Gasteiger partial charge is 0.353 e. The van der Waals surface area contributed by atoms with Gasteiger partial charge in [0.25, 0.3) is 0 Å². The van der Waals surface area contributed by atoms with Crippen molar-refractivity contribution in [2.75, 3.05) is 0 Å². The van der Waals surface area contributed by atoms with Crippen LogP contribution in [0.2, 0.25) is 0 Å². The summed E-state index contributed by atoms with van der Waals surface area (Å²) in [6.45, 7) is 1.75. The molecule has 0 amide bonds. The van der Waals surface area contributed by atoms with Gasteiger partial charge in [-0.25, -0.2) is 9.18 Å². The van der Waals surface area contributed by atoms with Gasteiger partial charge in [0.15, 0.2) is 0 Å². The molecule has 0 aliphatic carbocycles. The van der Waals surface area contributed by atoms with Crippen molar-refractivity contribution in [3.8, 4) is 11.3 Å². The van der Waals surface area contributed by atoms with Gasteiger partial charge in [-0.1, -0.05) is 0 Å². The minimum absolute atomic E-state index is 0.0335. The lowest BCUT2D eigenvalue weighted by Gasteiger charge is -2.03. The molecule has 6 heteroatoms. The van der Waals surface area contributed by atoms with Crippen LogP contribution in [0.25, 0.3) is 11.3 Å². The van der Waals surface area contributed by atoms with Crippen LogP contribution < -0.4 is 0 Å². The average molecular weight is 299 g/mol. The van der Waals surface area contributed by atoms with Crippen molar-refractivity contribution in [2.24, 2.45) is 0 Å². The molecule has 1 aromatic carbocycles. The summed E-state index contributed by atoms with van der Waals surface area (Å²) < 4.78 is 13.8. The Kier molecular flexibility index (Phi) is 2.97. The number of H-pyrrole nitrogens is 1. The minimum Gasteiger partial charge on any atom is -0.477 e. The lowest BCUT2D eigenvalue weighted by Crippen LogP contribution is -1.95. The van der Waals surface area contributed by atoms with E-state index in [0.29, 0.717) is 11.3 Å². The highest BCUT2D eigenvalue weighted by atomic mass is 79.9. The standard InChI is InChI=1S/C11H8BrFN2O2/c1-5-2-6(10(12)7(13)3-5)8-4-9(11(16)17)15-14-8/h2-4H,1H3,(H,14,15)(H,16,17). The Balaban J connectivity index is 2.56. The highest BCUT2D eigenvalue weighted by Crippen LogP contribution is 2.30. The number of nitrogens with zero attached hydrogens (tertiary/aromatic N) is 1. The van der Waals surface area contributed by atoms with E-state index < -0.39 is 11.8 Å². The van der Waals surface area contributed by atoms with E-state index in [4.69, 9.17) is 5.11 Å². The van der Waals surface area contributed by atoms with E-state index in [1.807, 2.05) is 0 Å². The van der Waals surface area contributed by atoms with E-state index in [1.54, 1.807) is 13.0 Å². The highest BCUT2D eigenvalue weighted by molar-refractivity contribution is 9.10. The summed E-state index contributed by atoms with van der Waals surface area (Å²) in [5, 5.41) is 15.0. The number of hydrogen-bond acceptors (Lipinski definition) is 2. The van der Waals surface area contributed by atoms with E-state index >= 15 is 0 Å². The fourth-order valence-electron chi connectivity index (χ4n) is 1.48. The fourth-order valence-corrected chi connectivity index (χ4v) is 1.91. The molecule has 0 fully saturated rings. The van der Waals surface area contributed by atoms with Crippen molar-refractivity contribution in [2.45, 2.75) is 6.92 Å². The maximum Gasteiger partial charge on any atom is 0.353 e. The zero-order valence-electron chi connectivity index (χ0n) is 8.79. The number of benzene rings is 1. The molecule has 2 rings (SSSR count). The second-order valence-corrected chi connectivity index (χ2v) is 4.37. The van der Waals surface area contributed by atoms with Crippen molar-refractivity contribution in [1.82, 2.24) is 10.2 Å². The summed E-state index contributed by atoms with van der Waals surface area (Å²) in [5.74, 6) is -1.51. The molecule has 0 aliphatic heterocycles. The highest BCUT2D eigenvalue weighted by Gasteiger charge is 2.14. The van der Waals surface area contributed by atoms with Gasteiger partial charge in [-0.15, -0.1) is 0 Å². The van der Waals surface area contributed by atoms with Gasteiger partial charge >= 0.3 is 5.97 Å². The van der Waals surface area contributed by atoms with Crippen LogP contribution in [0.1, 0.15) is 16.1 Å². The molecular formula is C11H8BrFN2O2. The number of nitrogens with one attached hydrogen (secondary N) is 1. The number of hydrogen-bond donors (Lipinski definition) is 2. The second-order valence-electron chi connectivity index (χ2n) is 3.58. The Morgan fingerprint density at radius 2 is 2.18 bits per heavy atom. The first-order valence-electron chi connectivity index (χ1n) is 4.73. The summed E-state index contributed by atoms with van der Waals surface area (Å²) in [7, 11) is 0. The van der Waals surface area contributed by atoms with Crippen LogP contribution >= 0.6 is 15.9 Å². The lowest BCUT2D eigenvalue weighted by molar-refractivity contribution is 0.0690. The Labute approximate surface area is 105 Å². The van der Waals surface area contributed by atoms with Crippen LogP contribution in [-0.4, -0.2) is 21.3 Å². The third-order valence-corrected chi connectivity index (χ3v) is 3.06. The molecule has 2 aromatic rings. The van der Waals surface area contributed by atoms with Crippen molar-refractivity contribution in [1.29, 1.82) is 0 Å². The molecule has 0 spiro atoms. The fraction of sp³-hybridized carbons (Fsp3) is 0.0909. The molecule has 17 heavy (non-hydrogen) atoms. The van der Waals surface area contributed by atoms with Crippen LogP contribution in [0.4, 0.5) is 4.39 Å². The number of aromatic amines is 1. The molecule has 0 aliphatic rings. The summed E-state index contributed by atoms with van der Waals surface area (Å²) in [6, 6.07) is 4.48. The van der Waals surface area contributed by atoms with Crippen molar-refractivity contribution < 1.29 is 14.3 Å². The van der Waals surface area contributed by atoms with Gasteiger partial charge in [0, 0.05) is 5.56 Å². The number of carboxylic acids is 1. The maximum atomic E-state index is 13.5. The van der Waals surface area contributed by atoms with Gasteiger partial charge in [-0.05, 0) is 46.6 Å². The molecule has 1 aromatic heterocycles. The molecule has 0 saturated carbocycles. The molecule has 0 atom stereocenters. The number of halogens is 2. The van der Waals surface area contributed by atoms with Gasteiger partial charge in [-0.3, -0.25) is 5.10 Å². The predicted molar refractivity (Wildman–Crippen MR) is 63.4 cm³/mol.